The highest BCUT2D eigenvalue weighted by atomic mass is 19.4. The molecule has 0 radical (unpaired) electrons. The van der Waals surface area contributed by atoms with Crippen LogP contribution in [0.25, 0.3) is 32.8 Å². The summed E-state index contributed by atoms with van der Waals surface area (Å²) in [5.74, 6) is -0.301. The summed E-state index contributed by atoms with van der Waals surface area (Å²) in [7, 11) is 0. The van der Waals surface area contributed by atoms with Gasteiger partial charge in [0.1, 0.15) is 18.1 Å². The van der Waals surface area contributed by atoms with E-state index in [1.165, 1.54) is 6.07 Å². The van der Waals surface area contributed by atoms with E-state index < -0.39 is 17.7 Å². The number of fused-ring (bicyclic) bond motifs is 2. The highest BCUT2D eigenvalue weighted by molar-refractivity contribution is 6.08. The van der Waals surface area contributed by atoms with Gasteiger partial charge in [-0.05, 0) is 65.3 Å². The number of carboxylic acid groups (broad SMARTS) is 1. The van der Waals surface area contributed by atoms with Crippen molar-refractivity contribution in [2.45, 2.75) is 39.1 Å². The number of rotatable bonds is 11. The van der Waals surface area contributed by atoms with Gasteiger partial charge in [-0.1, -0.05) is 85.8 Å². The fourth-order valence-corrected chi connectivity index (χ4v) is 6.08. The number of aromatic carboxylic acids is 1. The van der Waals surface area contributed by atoms with Crippen molar-refractivity contribution in [3.05, 3.63) is 132 Å². The molecular weight excluding hydrogens is 591 g/mol. The maximum absolute atomic E-state index is 14.1. The van der Waals surface area contributed by atoms with Gasteiger partial charge in [0.05, 0.1) is 23.8 Å². The Balaban J connectivity index is 1.41. The van der Waals surface area contributed by atoms with Crippen LogP contribution in [-0.2, 0) is 25.7 Å². The third-order valence-electron chi connectivity index (χ3n) is 8.11. The first kappa shape index (κ1) is 30.8. The minimum absolute atomic E-state index is 0.0199. The standard InChI is InChI=1S/C38H32F3NO4/c1-2-28-30(16-9-17-32(28)38(39,40)41)35-31-23-27(46-24-25-11-4-3-5-12-25)19-20-33(31)42(36(35)37(43)44)21-10-22-45-34-18-8-14-26-13-6-7-15-29(26)34/h3-9,11-20,23H,2,10,21-22,24H2,1H3,(H,43,44)/p-1. The minimum atomic E-state index is -4.61. The molecule has 1 heterocycles. The molecule has 0 unspecified atom stereocenters. The van der Waals surface area contributed by atoms with Crippen molar-refractivity contribution in [2.75, 3.05) is 6.61 Å². The largest absolute Gasteiger partial charge is 0.543 e. The molecule has 0 aliphatic rings. The molecule has 46 heavy (non-hydrogen) atoms. The molecule has 0 saturated heterocycles. The van der Waals surface area contributed by atoms with Crippen LogP contribution in [0.5, 0.6) is 11.5 Å². The van der Waals surface area contributed by atoms with Crippen molar-refractivity contribution in [2.24, 2.45) is 0 Å². The van der Waals surface area contributed by atoms with Crippen molar-refractivity contribution in [1.82, 2.24) is 4.57 Å². The lowest BCUT2D eigenvalue weighted by Crippen LogP contribution is -2.27. The lowest BCUT2D eigenvalue weighted by Gasteiger charge is -2.18. The van der Waals surface area contributed by atoms with Crippen molar-refractivity contribution in [3.8, 4) is 22.6 Å². The van der Waals surface area contributed by atoms with Crippen molar-refractivity contribution in [1.29, 1.82) is 0 Å². The quantitative estimate of drug-likeness (QED) is 0.136. The van der Waals surface area contributed by atoms with E-state index in [0.29, 0.717) is 28.8 Å². The van der Waals surface area contributed by atoms with E-state index in [4.69, 9.17) is 9.47 Å². The van der Waals surface area contributed by atoms with Crippen LogP contribution in [0, 0.1) is 0 Å². The summed E-state index contributed by atoms with van der Waals surface area (Å²) in [4.78, 5) is 12.8. The number of halogens is 3. The predicted octanol–water partition coefficient (Wildman–Crippen LogP) is 8.45. The number of hydrogen-bond donors (Lipinski definition) is 0. The lowest BCUT2D eigenvalue weighted by atomic mass is 9.91. The normalized spacial score (nSPS) is 11.7. The fourth-order valence-electron chi connectivity index (χ4n) is 6.08. The van der Waals surface area contributed by atoms with Crippen molar-refractivity contribution >= 4 is 27.6 Å². The number of carbonyl (C=O) groups is 1. The van der Waals surface area contributed by atoms with Gasteiger partial charge in [-0.15, -0.1) is 0 Å². The summed E-state index contributed by atoms with van der Waals surface area (Å²) in [6, 6.07) is 32.3. The molecule has 5 nitrogen and oxygen atoms in total. The van der Waals surface area contributed by atoms with Crippen LogP contribution in [-0.4, -0.2) is 17.1 Å². The van der Waals surface area contributed by atoms with Crippen LogP contribution >= 0.6 is 0 Å². The van der Waals surface area contributed by atoms with E-state index in [1.54, 1.807) is 35.8 Å². The van der Waals surface area contributed by atoms with Gasteiger partial charge < -0.3 is 23.9 Å². The zero-order valence-corrected chi connectivity index (χ0v) is 25.1. The number of carbonyl (C=O) groups excluding carboxylic acids is 1. The minimum Gasteiger partial charge on any atom is -0.543 e. The highest BCUT2D eigenvalue weighted by Gasteiger charge is 2.34. The number of aryl methyl sites for hydroxylation is 1. The molecular formula is C38H31F3NO4-. The molecule has 0 spiro atoms. The Kier molecular flexibility index (Phi) is 8.70. The Labute approximate surface area is 264 Å². The molecule has 0 saturated carbocycles. The third kappa shape index (κ3) is 6.15. The predicted molar refractivity (Wildman–Crippen MR) is 171 cm³/mol. The second-order valence-electron chi connectivity index (χ2n) is 11.0. The molecule has 1 aromatic heterocycles. The van der Waals surface area contributed by atoms with E-state index in [1.807, 2.05) is 72.8 Å². The van der Waals surface area contributed by atoms with Crippen LogP contribution in [0.4, 0.5) is 13.2 Å². The van der Waals surface area contributed by atoms with Crippen LogP contribution < -0.4 is 14.6 Å². The molecule has 0 amide bonds. The Morgan fingerprint density at radius 2 is 1.57 bits per heavy atom. The number of nitrogens with zero attached hydrogens (tertiary/aromatic N) is 1. The van der Waals surface area contributed by atoms with E-state index in [2.05, 4.69) is 0 Å². The Morgan fingerprint density at radius 3 is 2.33 bits per heavy atom. The Bertz CT molecular complexity index is 2010. The first-order chi connectivity index (χ1) is 22.3. The summed E-state index contributed by atoms with van der Waals surface area (Å²) in [6.07, 6.45) is -4.13. The first-order valence-electron chi connectivity index (χ1n) is 15.1. The molecule has 0 N–H and O–H groups in total. The second-order valence-corrected chi connectivity index (χ2v) is 11.0. The summed E-state index contributed by atoms with van der Waals surface area (Å²) in [5, 5.41) is 15.3. The zero-order valence-electron chi connectivity index (χ0n) is 25.1. The molecule has 5 aromatic carbocycles. The molecule has 6 rings (SSSR count). The van der Waals surface area contributed by atoms with Gasteiger partial charge in [0, 0.05) is 28.4 Å². The van der Waals surface area contributed by atoms with Crippen LogP contribution in [0.15, 0.2) is 109 Å². The van der Waals surface area contributed by atoms with Gasteiger partial charge in [0.15, 0.2) is 0 Å². The molecule has 0 aliphatic heterocycles. The molecule has 8 heteroatoms. The summed E-state index contributed by atoms with van der Waals surface area (Å²) < 4.78 is 56.1. The van der Waals surface area contributed by atoms with Crippen molar-refractivity contribution < 1.29 is 32.5 Å². The topological polar surface area (TPSA) is 63.5 Å². The van der Waals surface area contributed by atoms with Gasteiger partial charge in [-0.25, -0.2) is 0 Å². The lowest BCUT2D eigenvalue weighted by molar-refractivity contribution is -0.255. The average molecular weight is 623 g/mol. The van der Waals surface area contributed by atoms with Gasteiger partial charge in [0.25, 0.3) is 0 Å². The van der Waals surface area contributed by atoms with Gasteiger partial charge in [-0.3, -0.25) is 0 Å². The van der Waals surface area contributed by atoms with Crippen LogP contribution in [0.3, 0.4) is 0 Å². The number of ether oxygens (including phenoxy) is 2. The maximum Gasteiger partial charge on any atom is 0.416 e. The first-order valence-corrected chi connectivity index (χ1v) is 15.1. The number of carboxylic acids is 1. The van der Waals surface area contributed by atoms with Crippen LogP contribution in [0.2, 0.25) is 0 Å². The molecule has 0 aliphatic carbocycles. The molecule has 234 valence electrons. The fraction of sp³-hybridized carbons (Fsp3) is 0.184. The number of aromatic nitrogens is 1. The van der Waals surface area contributed by atoms with Crippen molar-refractivity contribution in [3.63, 3.8) is 0 Å². The van der Waals surface area contributed by atoms with Gasteiger partial charge in [0.2, 0.25) is 0 Å². The highest BCUT2D eigenvalue weighted by Crippen LogP contribution is 2.42. The Morgan fingerprint density at radius 1 is 0.826 bits per heavy atom. The smallest absolute Gasteiger partial charge is 0.416 e. The SMILES string of the molecule is CCc1c(-c2c(C(=O)[O-])n(CCCOc3cccc4ccccc34)c3ccc(OCc4ccccc4)cc23)cccc1C(F)(F)F. The number of alkyl halides is 3. The Hall–Kier alpha value is -5.24. The van der Waals surface area contributed by atoms with Gasteiger partial charge >= 0.3 is 6.18 Å². The molecule has 0 fully saturated rings. The number of benzene rings is 5. The van der Waals surface area contributed by atoms with Crippen LogP contribution in [0.1, 0.15) is 40.5 Å². The maximum atomic E-state index is 14.1. The average Bonchev–Trinajstić information content (AvgIpc) is 3.39. The second kappa shape index (κ2) is 13.0. The summed E-state index contributed by atoms with van der Waals surface area (Å²) in [5.41, 5.74) is 0.906. The third-order valence-corrected chi connectivity index (χ3v) is 8.11. The molecule has 6 aromatic rings. The summed E-state index contributed by atoms with van der Waals surface area (Å²) >= 11 is 0. The molecule has 0 atom stereocenters. The summed E-state index contributed by atoms with van der Waals surface area (Å²) in [6.45, 7) is 2.42. The van der Waals surface area contributed by atoms with E-state index >= 15 is 0 Å². The van der Waals surface area contributed by atoms with E-state index in [-0.39, 0.29) is 48.6 Å². The molecule has 0 bridgehead atoms. The number of hydrogen-bond acceptors (Lipinski definition) is 4. The van der Waals surface area contributed by atoms with Gasteiger partial charge in [-0.2, -0.15) is 13.2 Å². The van der Waals surface area contributed by atoms with E-state index in [0.717, 1.165) is 22.4 Å². The monoisotopic (exact) mass is 622 g/mol. The van der Waals surface area contributed by atoms with E-state index in [9.17, 15) is 23.1 Å². The zero-order chi connectivity index (χ0) is 32.3.